The number of nitrogens with two attached hydrogens (primary N) is 2. The number of nitrogens with one attached hydrogen (secondary N) is 3. The van der Waals surface area contributed by atoms with Crippen LogP contribution in [0.5, 0.6) is 0 Å². The van der Waals surface area contributed by atoms with E-state index in [0.717, 1.165) is 0 Å². The van der Waals surface area contributed by atoms with Crippen LogP contribution in [0.3, 0.4) is 0 Å². The number of hydrogen-bond acceptors (Lipinski definition) is 7. The molecule has 5 unspecified atom stereocenters. The number of rotatable bonds is 12. The molecule has 12 nitrogen and oxygen atoms in total. The second-order valence-corrected chi connectivity index (χ2v) is 7.13. The van der Waals surface area contributed by atoms with E-state index in [1.807, 2.05) is 0 Å². The first kappa shape index (κ1) is 26.3. The van der Waals surface area contributed by atoms with Gasteiger partial charge in [-0.1, -0.05) is 13.8 Å². The van der Waals surface area contributed by atoms with E-state index >= 15 is 0 Å². The van der Waals surface area contributed by atoms with Crippen molar-refractivity contribution in [1.82, 2.24) is 16.0 Å². The van der Waals surface area contributed by atoms with Gasteiger partial charge in [-0.05, 0) is 26.2 Å². The standard InChI is InChI=1S/C17H31N5O7/c1-7(2)13(17(28)29)22-14(25)8(3)20-15(26)10(5-6-11(18)24)21-16(27)12(19)9(4)23/h7-10,12-13,23H,5-6,19H2,1-4H3,(H2,18,24)(H,20,26)(H,21,27)(H,22,25)(H,28,29). The molecule has 0 heterocycles. The maximum atomic E-state index is 12.5. The zero-order valence-electron chi connectivity index (χ0n) is 17.0. The highest BCUT2D eigenvalue weighted by molar-refractivity contribution is 5.94. The van der Waals surface area contributed by atoms with Gasteiger partial charge in [0.15, 0.2) is 0 Å². The van der Waals surface area contributed by atoms with E-state index in [-0.39, 0.29) is 18.8 Å². The van der Waals surface area contributed by atoms with Gasteiger partial charge in [0.25, 0.3) is 0 Å². The zero-order chi connectivity index (χ0) is 22.9. The quantitative estimate of drug-likeness (QED) is 0.175. The summed E-state index contributed by atoms with van der Waals surface area (Å²) in [6.07, 6.45) is -1.56. The van der Waals surface area contributed by atoms with Crippen LogP contribution in [0.25, 0.3) is 0 Å². The van der Waals surface area contributed by atoms with E-state index in [4.69, 9.17) is 16.6 Å². The Morgan fingerprint density at radius 2 is 1.45 bits per heavy atom. The number of aliphatic hydroxyl groups is 1. The molecule has 0 aromatic rings. The molecule has 0 saturated heterocycles. The molecule has 166 valence electrons. The van der Waals surface area contributed by atoms with Gasteiger partial charge in [-0.25, -0.2) is 4.79 Å². The molecular formula is C17H31N5O7. The fraction of sp³-hybridized carbons (Fsp3) is 0.706. The molecule has 0 spiro atoms. The van der Waals surface area contributed by atoms with Gasteiger partial charge in [0.2, 0.25) is 23.6 Å². The molecule has 0 saturated carbocycles. The van der Waals surface area contributed by atoms with Gasteiger partial charge in [-0.2, -0.15) is 0 Å². The van der Waals surface area contributed by atoms with Crippen molar-refractivity contribution in [1.29, 1.82) is 0 Å². The number of carboxylic acids is 1. The van der Waals surface area contributed by atoms with Gasteiger partial charge in [-0.15, -0.1) is 0 Å². The third-order valence-electron chi connectivity index (χ3n) is 4.12. The Morgan fingerprint density at radius 1 is 0.897 bits per heavy atom. The second-order valence-electron chi connectivity index (χ2n) is 7.13. The van der Waals surface area contributed by atoms with Crippen LogP contribution in [0.15, 0.2) is 0 Å². The Bertz CT molecular complexity index is 623. The zero-order valence-corrected chi connectivity index (χ0v) is 17.0. The Balaban J connectivity index is 5.13. The van der Waals surface area contributed by atoms with Crippen molar-refractivity contribution in [3.8, 4) is 0 Å². The molecule has 0 aromatic carbocycles. The highest BCUT2D eigenvalue weighted by atomic mass is 16.4. The summed E-state index contributed by atoms with van der Waals surface area (Å²) in [6.45, 7) is 5.86. The fourth-order valence-electron chi connectivity index (χ4n) is 2.21. The predicted octanol–water partition coefficient (Wildman–Crippen LogP) is -2.83. The van der Waals surface area contributed by atoms with Crippen LogP contribution in [0.1, 0.15) is 40.5 Å². The molecule has 29 heavy (non-hydrogen) atoms. The number of carbonyl (C=O) groups is 5. The highest BCUT2D eigenvalue weighted by Gasteiger charge is 2.30. The number of aliphatic hydroxyl groups excluding tert-OH is 1. The van der Waals surface area contributed by atoms with E-state index in [1.54, 1.807) is 13.8 Å². The first-order valence-electron chi connectivity index (χ1n) is 9.13. The maximum Gasteiger partial charge on any atom is 0.326 e. The van der Waals surface area contributed by atoms with Gasteiger partial charge in [0.05, 0.1) is 6.10 Å². The SMILES string of the molecule is CC(NC(=O)C(CCC(N)=O)NC(=O)C(N)C(C)O)C(=O)NC(C(=O)O)C(C)C. The average Bonchev–Trinajstić information content (AvgIpc) is 2.60. The molecule has 0 aromatic heterocycles. The lowest BCUT2D eigenvalue weighted by atomic mass is 10.0. The van der Waals surface area contributed by atoms with Gasteiger partial charge < -0.3 is 37.6 Å². The highest BCUT2D eigenvalue weighted by Crippen LogP contribution is 2.04. The minimum atomic E-state index is -1.30. The number of carbonyl (C=O) groups excluding carboxylic acids is 4. The van der Waals surface area contributed by atoms with Crippen LogP contribution in [0, 0.1) is 5.92 Å². The largest absolute Gasteiger partial charge is 0.480 e. The Hall–Kier alpha value is -2.73. The molecule has 0 bridgehead atoms. The minimum Gasteiger partial charge on any atom is -0.480 e. The molecule has 12 heteroatoms. The number of hydrogen-bond donors (Lipinski definition) is 7. The lowest BCUT2D eigenvalue weighted by Crippen LogP contribution is -2.57. The van der Waals surface area contributed by atoms with Gasteiger partial charge >= 0.3 is 5.97 Å². The molecule has 0 rings (SSSR count). The van der Waals surface area contributed by atoms with Crippen LogP contribution in [0.2, 0.25) is 0 Å². The number of primary amides is 1. The summed E-state index contributed by atoms with van der Waals surface area (Å²) in [6, 6.07) is -4.81. The molecule has 0 aliphatic carbocycles. The monoisotopic (exact) mass is 417 g/mol. The van der Waals surface area contributed by atoms with Crippen molar-refractivity contribution in [3.63, 3.8) is 0 Å². The molecular weight excluding hydrogens is 386 g/mol. The number of amides is 4. The molecule has 9 N–H and O–H groups in total. The van der Waals surface area contributed by atoms with Crippen LogP contribution in [0.4, 0.5) is 0 Å². The summed E-state index contributed by atoms with van der Waals surface area (Å²) in [7, 11) is 0. The summed E-state index contributed by atoms with van der Waals surface area (Å²) in [4.78, 5) is 58.9. The van der Waals surface area contributed by atoms with Gasteiger partial charge in [0.1, 0.15) is 24.2 Å². The van der Waals surface area contributed by atoms with E-state index in [0.29, 0.717) is 0 Å². The van der Waals surface area contributed by atoms with Crippen LogP contribution in [-0.4, -0.2) is 70.1 Å². The van der Waals surface area contributed by atoms with E-state index < -0.39 is 59.9 Å². The maximum absolute atomic E-state index is 12.5. The molecule has 4 amide bonds. The third kappa shape index (κ3) is 9.34. The van der Waals surface area contributed by atoms with Crippen LogP contribution >= 0.6 is 0 Å². The molecule has 0 aliphatic rings. The van der Waals surface area contributed by atoms with Crippen LogP contribution in [-0.2, 0) is 24.0 Å². The van der Waals surface area contributed by atoms with Crippen molar-refractivity contribution in [3.05, 3.63) is 0 Å². The number of carboxylic acid groups (broad SMARTS) is 1. The molecule has 0 fully saturated rings. The number of aliphatic carboxylic acids is 1. The van der Waals surface area contributed by atoms with Crippen molar-refractivity contribution in [2.45, 2.75) is 70.8 Å². The molecule has 5 atom stereocenters. The van der Waals surface area contributed by atoms with E-state index in [1.165, 1.54) is 13.8 Å². The Kier molecular flexibility index (Phi) is 10.8. The second kappa shape index (κ2) is 12.0. The van der Waals surface area contributed by atoms with Gasteiger partial charge in [0, 0.05) is 6.42 Å². The summed E-state index contributed by atoms with van der Waals surface area (Å²) < 4.78 is 0. The topological polar surface area (TPSA) is 214 Å². The lowest BCUT2D eigenvalue weighted by molar-refractivity contribution is -0.143. The van der Waals surface area contributed by atoms with Crippen molar-refractivity contribution in [2.24, 2.45) is 17.4 Å². The fourth-order valence-corrected chi connectivity index (χ4v) is 2.21. The smallest absolute Gasteiger partial charge is 0.326 e. The first-order chi connectivity index (χ1) is 13.3. The Morgan fingerprint density at radius 3 is 1.86 bits per heavy atom. The van der Waals surface area contributed by atoms with Crippen molar-refractivity contribution in [2.75, 3.05) is 0 Å². The summed E-state index contributed by atoms with van der Waals surface area (Å²) in [5, 5.41) is 25.5. The van der Waals surface area contributed by atoms with E-state index in [9.17, 15) is 29.1 Å². The van der Waals surface area contributed by atoms with E-state index in [2.05, 4.69) is 16.0 Å². The Labute approximate surface area is 168 Å². The minimum absolute atomic E-state index is 0.155. The summed E-state index contributed by atoms with van der Waals surface area (Å²) in [5.41, 5.74) is 10.6. The van der Waals surface area contributed by atoms with Gasteiger partial charge in [-0.3, -0.25) is 19.2 Å². The van der Waals surface area contributed by atoms with Crippen molar-refractivity contribution < 1.29 is 34.2 Å². The lowest BCUT2D eigenvalue weighted by Gasteiger charge is -2.24. The molecule has 0 aliphatic heterocycles. The predicted molar refractivity (Wildman–Crippen MR) is 102 cm³/mol. The average molecular weight is 417 g/mol. The first-order valence-corrected chi connectivity index (χ1v) is 9.13. The molecule has 0 radical (unpaired) electrons. The van der Waals surface area contributed by atoms with Crippen LogP contribution < -0.4 is 27.4 Å². The van der Waals surface area contributed by atoms with Crippen molar-refractivity contribution >= 4 is 29.6 Å². The normalized spacial score (nSPS) is 16.1. The summed E-state index contributed by atoms with van der Waals surface area (Å²) in [5.74, 6) is -4.66. The third-order valence-corrected chi connectivity index (χ3v) is 4.12. The summed E-state index contributed by atoms with van der Waals surface area (Å²) >= 11 is 0.